The predicted molar refractivity (Wildman–Crippen MR) is 74.4 cm³/mol. The summed E-state index contributed by atoms with van der Waals surface area (Å²) in [6.45, 7) is 1.90. The standard InChI is InChI=1S/C14H15N3O/c1-9-6-10(8-12(16)7-9)14(18)17-13-4-2-11(15)3-5-13/h2-8H,15-16H2,1H3,(H,17,18). The molecule has 0 aromatic heterocycles. The third kappa shape index (κ3) is 2.79. The number of nitrogens with two attached hydrogens (primary N) is 2. The van der Waals surface area contributed by atoms with E-state index in [1.807, 2.05) is 13.0 Å². The van der Waals surface area contributed by atoms with E-state index in [4.69, 9.17) is 11.5 Å². The Bertz CT molecular complexity index is 556. The van der Waals surface area contributed by atoms with Crippen molar-refractivity contribution in [1.29, 1.82) is 0 Å². The maximum Gasteiger partial charge on any atom is 0.255 e. The number of amides is 1. The molecule has 0 bridgehead atoms. The van der Waals surface area contributed by atoms with Gasteiger partial charge in [0, 0.05) is 22.6 Å². The van der Waals surface area contributed by atoms with E-state index in [1.165, 1.54) is 0 Å². The van der Waals surface area contributed by atoms with Gasteiger partial charge in [0.15, 0.2) is 0 Å². The molecule has 92 valence electrons. The molecule has 0 aliphatic carbocycles. The maximum atomic E-state index is 12.0. The van der Waals surface area contributed by atoms with Crippen molar-refractivity contribution in [2.75, 3.05) is 16.8 Å². The molecule has 0 fully saturated rings. The van der Waals surface area contributed by atoms with Crippen molar-refractivity contribution in [3.05, 3.63) is 53.6 Å². The molecule has 18 heavy (non-hydrogen) atoms. The van der Waals surface area contributed by atoms with E-state index in [0.717, 1.165) is 5.56 Å². The molecule has 0 aliphatic rings. The molecule has 0 spiro atoms. The van der Waals surface area contributed by atoms with Crippen LogP contribution in [0, 0.1) is 6.92 Å². The second-order valence-electron chi connectivity index (χ2n) is 4.21. The molecule has 5 N–H and O–H groups in total. The van der Waals surface area contributed by atoms with Gasteiger partial charge in [0.25, 0.3) is 5.91 Å². The lowest BCUT2D eigenvalue weighted by Crippen LogP contribution is -2.12. The molecular weight excluding hydrogens is 226 g/mol. The number of hydrogen-bond acceptors (Lipinski definition) is 3. The zero-order valence-electron chi connectivity index (χ0n) is 10.1. The smallest absolute Gasteiger partial charge is 0.255 e. The molecule has 0 saturated heterocycles. The number of carbonyl (C=O) groups is 1. The van der Waals surface area contributed by atoms with Gasteiger partial charge in [-0.05, 0) is 55.0 Å². The highest BCUT2D eigenvalue weighted by molar-refractivity contribution is 6.04. The lowest BCUT2D eigenvalue weighted by atomic mass is 10.1. The summed E-state index contributed by atoms with van der Waals surface area (Å²) in [6, 6.07) is 12.3. The van der Waals surface area contributed by atoms with Crippen molar-refractivity contribution in [2.24, 2.45) is 0 Å². The lowest BCUT2D eigenvalue weighted by Gasteiger charge is -2.07. The summed E-state index contributed by atoms with van der Waals surface area (Å²) in [7, 11) is 0. The van der Waals surface area contributed by atoms with Gasteiger partial charge in [-0.3, -0.25) is 4.79 Å². The first-order chi connectivity index (χ1) is 8.54. The Morgan fingerprint density at radius 2 is 1.67 bits per heavy atom. The molecule has 0 aliphatic heterocycles. The molecule has 0 heterocycles. The van der Waals surface area contributed by atoms with E-state index in [-0.39, 0.29) is 5.91 Å². The largest absolute Gasteiger partial charge is 0.399 e. The van der Waals surface area contributed by atoms with Gasteiger partial charge in [-0.15, -0.1) is 0 Å². The van der Waals surface area contributed by atoms with E-state index in [9.17, 15) is 4.79 Å². The predicted octanol–water partition coefficient (Wildman–Crippen LogP) is 2.41. The average molecular weight is 241 g/mol. The Balaban J connectivity index is 2.19. The van der Waals surface area contributed by atoms with Gasteiger partial charge in [0.05, 0.1) is 0 Å². The number of hydrogen-bond donors (Lipinski definition) is 3. The van der Waals surface area contributed by atoms with Crippen molar-refractivity contribution in [3.8, 4) is 0 Å². The van der Waals surface area contributed by atoms with Crippen molar-refractivity contribution in [3.63, 3.8) is 0 Å². The van der Waals surface area contributed by atoms with E-state index >= 15 is 0 Å². The van der Waals surface area contributed by atoms with Gasteiger partial charge in [-0.25, -0.2) is 0 Å². The van der Waals surface area contributed by atoms with Crippen LogP contribution in [-0.4, -0.2) is 5.91 Å². The van der Waals surface area contributed by atoms with Crippen molar-refractivity contribution < 1.29 is 4.79 Å². The third-order valence-electron chi connectivity index (χ3n) is 2.53. The van der Waals surface area contributed by atoms with Gasteiger partial charge in [0.2, 0.25) is 0 Å². The van der Waals surface area contributed by atoms with Gasteiger partial charge < -0.3 is 16.8 Å². The summed E-state index contributed by atoms with van der Waals surface area (Å²) in [5.74, 6) is -0.185. The Labute approximate surface area is 106 Å². The highest BCUT2D eigenvalue weighted by Gasteiger charge is 2.07. The minimum atomic E-state index is -0.185. The first-order valence-electron chi connectivity index (χ1n) is 5.58. The zero-order valence-corrected chi connectivity index (χ0v) is 10.1. The van der Waals surface area contributed by atoms with Crippen molar-refractivity contribution >= 4 is 23.0 Å². The normalized spacial score (nSPS) is 10.1. The van der Waals surface area contributed by atoms with Crippen LogP contribution in [0.4, 0.5) is 17.1 Å². The van der Waals surface area contributed by atoms with E-state index < -0.39 is 0 Å². The molecule has 1 amide bonds. The SMILES string of the molecule is Cc1cc(N)cc(C(=O)Nc2ccc(N)cc2)c1. The number of carbonyl (C=O) groups excluding carboxylic acids is 1. The van der Waals surface area contributed by atoms with E-state index in [0.29, 0.717) is 22.6 Å². The summed E-state index contributed by atoms with van der Waals surface area (Å²) < 4.78 is 0. The quantitative estimate of drug-likeness (QED) is 0.706. The topological polar surface area (TPSA) is 81.1 Å². The van der Waals surface area contributed by atoms with Crippen LogP contribution < -0.4 is 16.8 Å². The zero-order chi connectivity index (χ0) is 13.1. The molecule has 0 atom stereocenters. The van der Waals surface area contributed by atoms with Crippen LogP contribution >= 0.6 is 0 Å². The van der Waals surface area contributed by atoms with E-state index in [1.54, 1.807) is 36.4 Å². The molecule has 2 aromatic rings. The number of aryl methyl sites for hydroxylation is 1. The molecule has 2 aromatic carbocycles. The number of benzene rings is 2. The lowest BCUT2D eigenvalue weighted by molar-refractivity contribution is 0.102. The molecule has 0 unspecified atom stereocenters. The first-order valence-corrected chi connectivity index (χ1v) is 5.58. The number of anilines is 3. The van der Waals surface area contributed by atoms with Crippen LogP contribution in [0.5, 0.6) is 0 Å². The average Bonchev–Trinajstić information content (AvgIpc) is 2.31. The summed E-state index contributed by atoms with van der Waals surface area (Å²) >= 11 is 0. The number of rotatable bonds is 2. The fraction of sp³-hybridized carbons (Fsp3) is 0.0714. The third-order valence-corrected chi connectivity index (χ3v) is 2.53. The Morgan fingerprint density at radius 1 is 1.00 bits per heavy atom. The number of nitrogens with one attached hydrogen (secondary N) is 1. The fourth-order valence-electron chi connectivity index (χ4n) is 1.71. The summed E-state index contributed by atoms with van der Waals surface area (Å²) in [5, 5.41) is 2.79. The minimum Gasteiger partial charge on any atom is -0.399 e. The first kappa shape index (κ1) is 12.0. The van der Waals surface area contributed by atoms with E-state index in [2.05, 4.69) is 5.32 Å². The van der Waals surface area contributed by atoms with Crippen LogP contribution in [-0.2, 0) is 0 Å². The summed E-state index contributed by atoms with van der Waals surface area (Å²) in [4.78, 5) is 12.0. The van der Waals surface area contributed by atoms with Gasteiger partial charge in [-0.2, -0.15) is 0 Å². The van der Waals surface area contributed by atoms with Gasteiger partial charge >= 0.3 is 0 Å². The monoisotopic (exact) mass is 241 g/mol. The molecule has 2 rings (SSSR count). The Hall–Kier alpha value is -2.49. The van der Waals surface area contributed by atoms with Crippen LogP contribution in [0.25, 0.3) is 0 Å². The number of nitrogen functional groups attached to an aromatic ring is 2. The Kier molecular flexibility index (Phi) is 3.19. The van der Waals surface area contributed by atoms with Gasteiger partial charge in [0.1, 0.15) is 0 Å². The van der Waals surface area contributed by atoms with Crippen molar-refractivity contribution in [1.82, 2.24) is 0 Å². The van der Waals surface area contributed by atoms with Crippen LogP contribution in [0.15, 0.2) is 42.5 Å². The maximum absolute atomic E-state index is 12.0. The second kappa shape index (κ2) is 4.79. The van der Waals surface area contributed by atoms with Gasteiger partial charge in [-0.1, -0.05) is 0 Å². The fourth-order valence-corrected chi connectivity index (χ4v) is 1.71. The summed E-state index contributed by atoms with van der Waals surface area (Å²) in [6.07, 6.45) is 0. The molecule has 4 heteroatoms. The van der Waals surface area contributed by atoms with Crippen LogP contribution in [0.1, 0.15) is 15.9 Å². The summed E-state index contributed by atoms with van der Waals surface area (Å²) in [5.41, 5.74) is 14.7. The van der Waals surface area contributed by atoms with Crippen molar-refractivity contribution in [2.45, 2.75) is 6.92 Å². The Morgan fingerprint density at radius 3 is 2.28 bits per heavy atom. The minimum absolute atomic E-state index is 0.185. The molecule has 4 nitrogen and oxygen atoms in total. The molecule has 0 saturated carbocycles. The highest BCUT2D eigenvalue weighted by Crippen LogP contribution is 2.15. The second-order valence-corrected chi connectivity index (χ2v) is 4.21. The molecular formula is C14H15N3O. The molecule has 0 radical (unpaired) electrons. The van der Waals surface area contributed by atoms with Crippen LogP contribution in [0.2, 0.25) is 0 Å². The van der Waals surface area contributed by atoms with Crippen LogP contribution in [0.3, 0.4) is 0 Å². The highest BCUT2D eigenvalue weighted by atomic mass is 16.1.